The Morgan fingerprint density at radius 1 is 0.929 bits per heavy atom. The molecule has 0 aliphatic carbocycles. The fraction of sp³-hybridized carbons (Fsp3) is 0.697. The molecule has 0 radical (unpaired) electrons. The van der Waals surface area contributed by atoms with Crippen molar-refractivity contribution in [3.63, 3.8) is 0 Å². The molecular weight excluding hydrogens is 540 g/mol. The lowest BCUT2D eigenvalue weighted by Gasteiger charge is -2.27. The van der Waals surface area contributed by atoms with E-state index in [-0.39, 0.29) is 23.4 Å². The fourth-order valence-corrected chi connectivity index (χ4v) is 5.15. The number of carbonyl (C=O) groups is 4. The Kier molecular flexibility index (Phi) is 16.2. The highest BCUT2D eigenvalue weighted by Crippen LogP contribution is 2.26. The number of aliphatic hydroxyl groups excluding tert-OH is 3. The van der Waals surface area contributed by atoms with Gasteiger partial charge in [-0.25, -0.2) is 9.59 Å². The monoisotopic (exact) mass is 592 g/mol. The minimum Gasteiger partial charge on any atom is -0.462 e. The van der Waals surface area contributed by atoms with E-state index in [2.05, 4.69) is 38.2 Å². The summed E-state index contributed by atoms with van der Waals surface area (Å²) in [5.74, 6) is -3.27. The van der Waals surface area contributed by atoms with Crippen LogP contribution >= 0.6 is 0 Å². The molecule has 0 fully saturated rings. The molecule has 0 amide bonds. The Bertz CT molecular complexity index is 1010. The van der Waals surface area contributed by atoms with E-state index in [1.807, 2.05) is 6.08 Å². The summed E-state index contributed by atoms with van der Waals surface area (Å²) < 4.78 is 9.74. The summed E-state index contributed by atoms with van der Waals surface area (Å²) >= 11 is 0. The molecule has 8 unspecified atom stereocenters. The number of hydrogen-bond acceptors (Lipinski definition) is 9. The molecule has 0 aromatic heterocycles. The summed E-state index contributed by atoms with van der Waals surface area (Å²) in [5, 5.41) is 31.5. The Hall–Kier alpha value is -2.62. The number of aliphatic hydroxyl groups is 3. The molecule has 0 bridgehead atoms. The third kappa shape index (κ3) is 11.9. The predicted molar refractivity (Wildman–Crippen MR) is 160 cm³/mol. The van der Waals surface area contributed by atoms with E-state index >= 15 is 0 Å². The van der Waals surface area contributed by atoms with E-state index < -0.39 is 60.6 Å². The summed E-state index contributed by atoms with van der Waals surface area (Å²) in [6, 6.07) is 0. The Morgan fingerprint density at radius 2 is 1.55 bits per heavy atom. The average molecular weight is 593 g/mol. The van der Waals surface area contributed by atoms with Crippen LogP contribution in [0.4, 0.5) is 0 Å². The Balaban J connectivity index is 2.48. The van der Waals surface area contributed by atoms with E-state index in [9.17, 15) is 34.5 Å². The SMILES string of the molecule is C=C/C(=C/CCC(C)CC(C)CCC(O)C(C)C(=O)CC(O)C(C)C(C)OC(=O)CC(O)C1=C(C)C(=O)OC1=O)CC. The van der Waals surface area contributed by atoms with Crippen LogP contribution in [-0.4, -0.2) is 63.4 Å². The maximum atomic E-state index is 12.8. The first kappa shape index (κ1) is 37.4. The van der Waals surface area contributed by atoms with Crippen molar-refractivity contribution in [2.75, 3.05) is 0 Å². The van der Waals surface area contributed by atoms with E-state index in [4.69, 9.17) is 4.74 Å². The zero-order valence-corrected chi connectivity index (χ0v) is 26.4. The van der Waals surface area contributed by atoms with Crippen molar-refractivity contribution >= 4 is 23.7 Å². The number of carbonyl (C=O) groups excluding carboxylic acids is 4. The van der Waals surface area contributed by atoms with E-state index in [0.717, 1.165) is 32.1 Å². The average Bonchev–Trinajstić information content (AvgIpc) is 3.18. The Labute approximate surface area is 251 Å². The summed E-state index contributed by atoms with van der Waals surface area (Å²) in [5.41, 5.74) is 0.930. The first-order valence-corrected chi connectivity index (χ1v) is 15.2. The van der Waals surface area contributed by atoms with Gasteiger partial charge in [0.1, 0.15) is 11.9 Å². The van der Waals surface area contributed by atoms with Crippen LogP contribution < -0.4 is 0 Å². The number of rotatable bonds is 20. The van der Waals surface area contributed by atoms with E-state index in [0.29, 0.717) is 18.3 Å². The number of ketones is 1. The highest BCUT2D eigenvalue weighted by atomic mass is 16.6. The van der Waals surface area contributed by atoms with Crippen molar-refractivity contribution in [3.8, 4) is 0 Å². The van der Waals surface area contributed by atoms with E-state index in [1.165, 1.54) is 12.5 Å². The highest BCUT2D eigenvalue weighted by molar-refractivity contribution is 6.12. The Morgan fingerprint density at radius 3 is 2.10 bits per heavy atom. The summed E-state index contributed by atoms with van der Waals surface area (Å²) in [4.78, 5) is 48.4. The molecule has 0 spiro atoms. The number of esters is 3. The van der Waals surface area contributed by atoms with Gasteiger partial charge in [-0.1, -0.05) is 58.9 Å². The van der Waals surface area contributed by atoms with Gasteiger partial charge in [0, 0.05) is 23.8 Å². The van der Waals surface area contributed by atoms with Crippen LogP contribution in [0.15, 0.2) is 35.5 Å². The van der Waals surface area contributed by atoms with Gasteiger partial charge in [-0.05, 0) is 64.2 Å². The second-order valence-corrected chi connectivity index (χ2v) is 12.0. The lowest BCUT2D eigenvalue weighted by molar-refractivity contribution is -0.154. The zero-order valence-electron chi connectivity index (χ0n) is 26.4. The van der Waals surface area contributed by atoms with Gasteiger partial charge in [0.2, 0.25) is 0 Å². The summed E-state index contributed by atoms with van der Waals surface area (Å²) in [7, 11) is 0. The number of hydrogen-bond donors (Lipinski definition) is 3. The van der Waals surface area contributed by atoms with Crippen molar-refractivity contribution in [2.24, 2.45) is 23.7 Å². The van der Waals surface area contributed by atoms with Crippen molar-refractivity contribution in [3.05, 3.63) is 35.5 Å². The molecular formula is C33H52O9. The highest BCUT2D eigenvalue weighted by Gasteiger charge is 2.36. The van der Waals surface area contributed by atoms with Crippen molar-refractivity contribution in [1.82, 2.24) is 0 Å². The third-order valence-corrected chi connectivity index (χ3v) is 8.47. The molecule has 0 aromatic carbocycles. The molecule has 1 heterocycles. The fourth-order valence-electron chi connectivity index (χ4n) is 5.15. The van der Waals surface area contributed by atoms with Gasteiger partial charge in [0.05, 0.1) is 30.3 Å². The van der Waals surface area contributed by atoms with Gasteiger partial charge in [0.25, 0.3) is 0 Å². The molecule has 9 nitrogen and oxygen atoms in total. The first-order valence-electron chi connectivity index (χ1n) is 15.2. The molecule has 1 rings (SSSR count). The number of ether oxygens (including phenoxy) is 2. The predicted octanol–water partition coefficient (Wildman–Crippen LogP) is 4.77. The molecule has 1 aliphatic rings. The van der Waals surface area contributed by atoms with Crippen molar-refractivity contribution < 1.29 is 44.0 Å². The quantitative estimate of drug-likeness (QED) is 0.103. The third-order valence-electron chi connectivity index (χ3n) is 8.47. The van der Waals surface area contributed by atoms with Crippen LogP contribution in [0.1, 0.15) is 99.8 Å². The van der Waals surface area contributed by atoms with Crippen LogP contribution in [0.25, 0.3) is 0 Å². The van der Waals surface area contributed by atoms with Crippen molar-refractivity contribution in [2.45, 2.75) is 124 Å². The molecule has 3 N–H and O–H groups in total. The summed E-state index contributed by atoms with van der Waals surface area (Å²) in [6.07, 6.45) is 4.52. The molecule has 238 valence electrons. The smallest absolute Gasteiger partial charge is 0.345 e. The first-order chi connectivity index (χ1) is 19.6. The largest absolute Gasteiger partial charge is 0.462 e. The second-order valence-electron chi connectivity index (χ2n) is 12.0. The minimum absolute atomic E-state index is 0.0611. The van der Waals surface area contributed by atoms with E-state index in [1.54, 1.807) is 20.8 Å². The van der Waals surface area contributed by atoms with Gasteiger partial charge in [-0.3, -0.25) is 9.59 Å². The molecule has 0 saturated carbocycles. The minimum atomic E-state index is -1.56. The lowest BCUT2D eigenvalue weighted by Crippen LogP contribution is -2.36. The van der Waals surface area contributed by atoms with Crippen LogP contribution in [0.3, 0.4) is 0 Å². The normalized spacial score (nSPS) is 19.8. The molecule has 0 saturated heterocycles. The standard InChI is InChI=1S/C33H52O9/c1-9-25(10-2)13-11-12-19(3)16-20(4)14-15-26(34)22(6)28(36)17-27(35)21(5)24(8)41-30(38)18-29(37)31-23(7)32(39)42-33(31)40/h9,13,19-22,24,26-27,29,34-35,37H,1,10-12,14-18H2,2-8H3/b25-13-. The molecule has 9 heteroatoms. The maximum absolute atomic E-state index is 12.8. The topological polar surface area (TPSA) is 147 Å². The summed E-state index contributed by atoms with van der Waals surface area (Å²) in [6.45, 7) is 16.5. The molecule has 42 heavy (non-hydrogen) atoms. The van der Waals surface area contributed by atoms with Gasteiger partial charge >= 0.3 is 17.9 Å². The molecule has 1 aliphatic heterocycles. The van der Waals surface area contributed by atoms with Gasteiger partial charge in [-0.15, -0.1) is 0 Å². The van der Waals surface area contributed by atoms with Gasteiger partial charge in [-0.2, -0.15) is 0 Å². The van der Waals surface area contributed by atoms with Crippen molar-refractivity contribution in [1.29, 1.82) is 0 Å². The van der Waals surface area contributed by atoms with Crippen LogP contribution in [0, 0.1) is 23.7 Å². The number of Topliss-reactive ketones (excluding diaryl/α,β-unsaturated/α-hetero) is 1. The second kappa shape index (κ2) is 18.1. The van der Waals surface area contributed by atoms with Crippen LogP contribution in [-0.2, 0) is 28.7 Å². The number of cyclic esters (lactones) is 2. The molecule has 8 atom stereocenters. The lowest BCUT2D eigenvalue weighted by atomic mass is 9.85. The molecule has 0 aromatic rings. The van der Waals surface area contributed by atoms with Crippen LogP contribution in [0.2, 0.25) is 0 Å². The van der Waals surface area contributed by atoms with Gasteiger partial charge < -0.3 is 24.8 Å². The van der Waals surface area contributed by atoms with Crippen LogP contribution in [0.5, 0.6) is 0 Å². The maximum Gasteiger partial charge on any atom is 0.345 e. The number of allylic oxidation sites excluding steroid dienone is 3. The van der Waals surface area contributed by atoms with Gasteiger partial charge in [0.15, 0.2) is 0 Å². The zero-order chi connectivity index (χ0) is 32.1.